The highest BCUT2D eigenvalue weighted by molar-refractivity contribution is 5.68. The van der Waals surface area contributed by atoms with Gasteiger partial charge >= 0.3 is 5.76 Å². The molecule has 1 aliphatic carbocycles. The molecule has 154 valence electrons. The zero-order valence-corrected chi connectivity index (χ0v) is 16.2. The molecule has 30 heavy (non-hydrogen) atoms. The first-order valence-electron chi connectivity index (χ1n) is 9.70. The molecule has 1 aliphatic rings. The SMILES string of the molecule is Cn1cnc2ncn(Cc3nn([C@@H]4CC[C@@H](c5cccc(F)c5)C4)c(=O)o3)c(=O)c21. The summed E-state index contributed by atoms with van der Waals surface area (Å²) in [6.07, 6.45) is 5.15. The van der Waals surface area contributed by atoms with Gasteiger partial charge in [0, 0.05) is 7.05 Å². The first-order chi connectivity index (χ1) is 14.5. The van der Waals surface area contributed by atoms with Crippen LogP contribution in [-0.2, 0) is 13.6 Å². The summed E-state index contributed by atoms with van der Waals surface area (Å²) >= 11 is 0. The molecule has 0 aliphatic heterocycles. The topological polar surface area (TPSA) is 101 Å². The number of rotatable bonds is 4. The predicted octanol–water partition coefficient (Wildman–Crippen LogP) is 1.98. The number of nitrogens with zero attached hydrogens (tertiary/aromatic N) is 6. The Morgan fingerprint density at radius 1 is 1.20 bits per heavy atom. The molecule has 9 nitrogen and oxygen atoms in total. The van der Waals surface area contributed by atoms with Crippen molar-refractivity contribution in [1.82, 2.24) is 28.9 Å². The fourth-order valence-corrected chi connectivity index (χ4v) is 4.20. The van der Waals surface area contributed by atoms with Gasteiger partial charge in [0.2, 0.25) is 5.89 Å². The molecule has 0 amide bonds. The normalized spacial score (nSPS) is 19.0. The minimum Gasteiger partial charge on any atom is -0.390 e. The molecule has 3 aromatic heterocycles. The highest BCUT2D eigenvalue weighted by Gasteiger charge is 2.30. The van der Waals surface area contributed by atoms with Crippen molar-refractivity contribution in [3.63, 3.8) is 0 Å². The Morgan fingerprint density at radius 2 is 2.03 bits per heavy atom. The van der Waals surface area contributed by atoms with Crippen LogP contribution in [0.1, 0.15) is 42.7 Å². The minimum atomic E-state index is -0.558. The van der Waals surface area contributed by atoms with E-state index in [4.69, 9.17) is 4.42 Å². The summed E-state index contributed by atoms with van der Waals surface area (Å²) in [7, 11) is 1.71. The Kier molecular flexibility index (Phi) is 4.34. The van der Waals surface area contributed by atoms with Gasteiger partial charge in [0.1, 0.15) is 18.7 Å². The summed E-state index contributed by atoms with van der Waals surface area (Å²) in [5.41, 5.74) is 1.37. The number of hydrogen-bond donors (Lipinski definition) is 0. The maximum atomic E-state index is 13.5. The third-order valence-electron chi connectivity index (χ3n) is 5.69. The van der Waals surface area contributed by atoms with Gasteiger partial charge in [0.15, 0.2) is 11.2 Å². The molecule has 1 saturated carbocycles. The fourth-order valence-electron chi connectivity index (χ4n) is 4.20. The van der Waals surface area contributed by atoms with Crippen LogP contribution in [0.3, 0.4) is 0 Å². The molecular formula is C20H19FN6O3. The molecule has 2 atom stereocenters. The summed E-state index contributed by atoms with van der Waals surface area (Å²) < 4.78 is 23.1. The zero-order valence-electron chi connectivity index (χ0n) is 16.2. The van der Waals surface area contributed by atoms with Gasteiger partial charge in [-0.1, -0.05) is 12.1 Å². The summed E-state index contributed by atoms with van der Waals surface area (Å²) in [6, 6.07) is 6.43. The van der Waals surface area contributed by atoms with Crippen LogP contribution >= 0.6 is 0 Å². The van der Waals surface area contributed by atoms with Crippen molar-refractivity contribution in [1.29, 1.82) is 0 Å². The Labute approximate surface area is 169 Å². The van der Waals surface area contributed by atoms with Gasteiger partial charge in [-0.05, 0) is 42.9 Å². The molecular weight excluding hydrogens is 391 g/mol. The van der Waals surface area contributed by atoms with E-state index in [-0.39, 0.29) is 35.8 Å². The summed E-state index contributed by atoms with van der Waals surface area (Å²) in [4.78, 5) is 33.3. The van der Waals surface area contributed by atoms with Gasteiger partial charge in [0.25, 0.3) is 5.56 Å². The predicted molar refractivity (Wildman–Crippen MR) is 105 cm³/mol. The van der Waals surface area contributed by atoms with Crippen molar-refractivity contribution in [2.45, 2.75) is 37.8 Å². The monoisotopic (exact) mass is 410 g/mol. The van der Waals surface area contributed by atoms with Gasteiger partial charge in [-0.3, -0.25) is 9.36 Å². The number of benzene rings is 1. The van der Waals surface area contributed by atoms with E-state index in [1.54, 1.807) is 17.7 Å². The van der Waals surface area contributed by atoms with E-state index in [9.17, 15) is 14.0 Å². The molecule has 4 aromatic rings. The summed E-state index contributed by atoms with van der Waals surface area (Å²) in [5.74, 6) is -0.518. The van der Waals surface area contributed by atoms with Crippen molar-refractivity contribution in [3.8, 4) is 0 Å². The fraction of sp³-hybridized carbons (Fsp3) is 0.350. The van der Waals surface area contributed by atoms with E-state index in [1.165, 1.54) is 34.0 Å². The third-order valence-corrected chi connectivity index (χ3v) is 5.69. The summed E-state index contributed by atoms with van der Waals surface area (Å²) in [5, 5.41) is 4.32. The second kappa shape index (κ2) is 7.05. The Bertz CT molecular complexity index is 1350. The van der Waals surface area contributed by atoms with E-state index in [0.717, 1.165) is 18.4 Å². The molecule has 0 spiro atoms. The number of imidazole rings is 1. The summed E-state index contributed by atoms with van der Waals surface area (Å²) in [6.45, 7) is -0.00472. The number of hydrogen-bond acceptors (Lipinski definition) is 6. The number of aryl methyl sites for hydroxylation is 1. The molecule has 0 bridgehead atoms. The molecule has 0 N–H and O–H groups in total. The Balaban J connectivity index is 1.38. The largest absolute Gasteiger partial charge is 0.437 e. The average Bonchev–Trinajstić information content (AvgIpc) is 3.43. The van der Waals surface area contributed by atoms with E-state index in [2.05, 4.69) is 15.1 Å². The standard InChI is InChI=1S/C20H19FN6O3/c1-25-10-22-18-17(25)19(28)26(11-23-18)9-16-24-27(20(29)30-16)15-6-5-13(8-15)12-3-2-4-14(21)7-12/h2-4,7,10-11,13,15H,5-6,8-9H2,1H3/t13-,15-/m1/s1. The highest BCUT2D eigenvalue weighted by atomic mass is 19.1. The smallest absolute Gasteiger partial charge is 0.390 e. The van der Waals surface area contributed by atoms with Crippen LogP contribution in [0, 0.1) is 5.82 Å². The van der Waals surface area contributed by atoms with E-state index in [0.29, 0.717) is 17.6 Å². The van der Waals surface area contributed by atoms with Crippen LogP contribution in [-0.4, -0.2) is 28.9 Å². The molecule has 5 rings (SSSR count). The first-order valence-corrected chi connectivity index (χ1v) is 9.70. The molecule has 0 radical (unpaired) electrons. The van der Waals surface area contributed by atoms with Gasteiger partial charge < -0.3 is 8.98 Å². The lowest BCUT2D eigenvalue weighted by Gasteiger charge is -2.11. The van der Waals surface area contributed by atoms with Gasteiger partial charge in [0.05, 0.1) is 12.4 Å². The van der Waals surface area contributed by atoms with Crippen LogP contribution in [0.4, 0.5) is 4.39 Å². The number of fused-ring (bicyclic) bond motifs is 1. The lowest BCUT2D eigenvalue weighted by Crippen LogP contribution is -2.23. The Hall–Kier alpha value is -3.56. The van der Waals surface area contributed by atoms with E-state index in [1.807, 2.05) is 6.07 Å². The molecule has 1 fully saturated rings. The van der Waals surface area contributed by atoms with Crippen LogP contribution in [0.25, 0.3) is 11.2 Å². The zero-order chi connectivity index (χ0) is 20.8. The van der Waals surface area contributed by atoms with Gasteiger partial charge in [-0.25, -0.2) is 19.2 Å². The highest BCUT2D eigenvalue weighted by Crippen LogP contribution is 2.40. The van der Waals surface area contributed by atoms with Crippen molar-refractivity contribution in [2.75, 3.05) is 0 Å². The van der Waals surface area contributed by atoms with Crippen LogP contribution in [0.2, 0.25) is 0 Å². The maximum Gasteiger partial charge on any atom is 0.437 e. The van der Waals surface area contributed by atoms with Crippen molar-refractivity contribution in [3.05, 3.63) is 75.1 Å². The van der Waals surface area contributed by atoms with E-state index < -0.39 is 5.76 Å². The molecule has 0 unspecified atom stereocenters. The molecule has 1 aromatic carbocycles. The van der Waals surface area contributed by atoms with Crippen molar-refractivity contribution in [2.24, 2.45) is 7.05 Å². The third kappa shape index (κ3) is 3.14. The second-order valence-electron chi connectivity index (χ2n) is 7.63. The van der Waals surface area contributed by atoms with Crippen LogP contribution < -0.4 is 11.3 Å². The maximum absolute atomic E-state index is 13.5. The number of halogens is 1. The minimum absolute atomic E-state index is 0.00472. The number of aromatic nitrogens is 6. The van der Waals surface area contributed by atoms with Gasteiger partial charge in [-0.15, -0.1) is 5.10 Å². The van der Waals surface area contributed by atoms with Crippen molar-refractivity contribution < 1.29 is 8.81 Å². The van der Waals surface area contributed by atoms with Crippen LogP contribution in [0.15, 0.2) is 50.9 Å². The molecule has 0 saturated heterocycles. The lowest BCUT2D eigenvalue weighted by molar-refractivity contribution is 0.401. The molecule has 10 heteroatoms. The second-order valence-corrected chi connectivity index (χ2v) is 7.63. The van der Waals surface area contributed by atoms with Gasteiger partial charge in [-0.2, -0.15) is 4.68 Å². The van der Waals surface area contributed by atoms with E-state index >= 15 is 0 Å². The lowest BCUT2D eigenvalue weighted by atomic mass is 9.97. The Morgan fingerprint density at radius 3 is 2.87 bits per heavy atom. The first kappa shape index (κ1) is 18.5. The quantitative estimate of drug-likeness (QED) is 0.510. The van der Waals surface area contributed by atoms with Crippen molar-refractivity contribution >= 4 is 11.2 Å². The van der Waals surface area contributed by atoms with Crippen LogP contribution in [0.5, 0.6) is 0 Å². The molecule has 3 heterocycles. The average molecular weight is 410 g/mol.